The van der Waals surface area contributed by atoms with Gasteiger partial charge in [0, 0.05) is 5.56 Å². The van der Waals surface area contributed by atoms with Crippen molar-refractivity contribution in [2.24, 2.45) is 0 Å². The number of carbonyl (C=O) groups is 1. The number of methoxy groups -OCH3 is 1. The van der Waals surface area contributed by atoms with Crippen LogP contribution >= 0.6 is 0 Å². The molecule has 0 saturated carbocycles. The van der Waals surface area contributed by atoms with E-state index in [0.717, 1.165) is 0 Å². The standard InChI is InChI=1S/C12H14O3/c1-4-15-9(2)10-7-5-6-8-11(10)12(13)14-3/h5-8H,2,4H2,1,3H3. The van der Waals surface area contributed by atoms with E-state index in [1.165, 1.54) is 7.11 Å². The topological polar surface area (TPSA) is 35.5 Å². The highest BCUT2D eigenvalue weighted by Crippen LogP contribution is 2.19. The van der Waals surface area contributed by atoms with E-state index in [0.29, 0.717) is 23.5 Å². The van der Waals surface area contributed by atoms with Crippen molar-refractivity contribution < 1.29 is 14.3 Å². The average Bonchev–Trinajstić information content (AvgIpc) is 2.28. The molecule has 3 nitrogen and oxygen atoms in total. The van der Waals surface area contributed by atoms with E-state index in [2.05, 4.69) is 11.3 Å². The molecule has 80 valence electrons. The lowest BCUT2D eigenvalue weighted by molar-refractivity contribution is 0.0599. The molecule has 0 aliphatic carbocycles. The maximum absolute atomic E-state index is 11.4. The van der Waals surface area contributed by atoms with Crippen LogP contribution in [0.2, 0.25) is 0 Å². The molecule has 0 spiro atoms. The zero-order valence-electron chi connectivity index (χ0n) is 8.95. The number of ether oxygens (including phenoxy) is 2. The summed E-state index contributed by atoms with van der Waals surface area (Å²) in [6.45, 7) is 6.15. The van der Waals surface area contributed by atoms with Crippen LogP contribution in [-0.2, 0) is 9.47 Å². The molecule has 0 unspecified atom stereocenters. The Labute approximate surface area is 89.3 Å². The molecule has 3 heteroatoms. The first-order valence-electron chi connectivity index (χ1n) is 4.70. The molecule has 0 aliphatic rings. The van der Waals surface area contributed by atoms with Gasteiger partial charge in [0.25, 0.3) is 0 Å². The van der Waals surface area contributed by atoms with Gasteiger partial charge in [-0.2, -0.15) is 0 Å². The molecular formula is C12H14O3. The normalized spacial score (nSPS) is 9.47. The lowest BCUT2D eigenvalue weighted by atomic mass is 10.1. The number of hydrogen-bond donors (Lipinski definition) is 0. The highest BCUT2D eigenvalue weighted by molar-refractivity contribution is 5.94. The largest absolute Gasteiger partial charge is 0.494 e. The second kappa shape index (κ2) is 5.20. The summed E-state index contributed by atoms with van der Waals surface area (Å²) >= 11 is 0. The van der Waals surface area contributed by atoms with Crippen LogP contribution in [0, 0.1) is 0 Å². The van der Waals surface area contributed by atoms with Crippen molar-refractivity contribution >= 4 is 11.7 Å². The minimum absolute atomic E-state index is 0.383. The minimum Gasteiger partial charge on any atom is -0.494 e. The second-order valence-corrected chi connectivity index (χ2v) is 2.89. The van der Waals surface area contributed by atoms with E-state index < -0.39 is 0 Å². The Balaban J connectivity index is 3.06. The average molecular weight is 206 g/mol. The van der Waals surface area contributed by atoms with Crippen molar-refractivity contribution in [2.45, 2.75) is 6.92 Å². The Morgan fingerprint density at radius 3 is 2.47 bits per heavy atom. The van der Waals surface area contributed by atoms with Gasteiger partial charge >= 0.3 is 5.97 Å². The van der Waals surface area contributed by atoms with Gasteiger partial charge < -0.3 is 9.47 Å². The SMILES string of the molecule is C=C(OCC)c1ccccc1C(=O)OC. The third-order valence-electron chi connectivity index (χ3n) is 1.95. The maximum Gasteiger partial charge on any atom is 0.338 e. The van der Waals surface area contributed by atoms with E-state index in [-0.39, 0.29) is 5.97 Å². The zero-order chi connectivity index (χ0) is 11.3. The Hall–Kier alpha value is -1.77. The summed E-state index contributed by atoms with van der Waals surface area (Å²) in [5.74, 6) is 0.102. The van der Waals surface area contributed by atoms with Crippen LogP contribution in [0.4, 0.5) is 0 Å². The molecule has 15 heavy (non-hydrogen) atoms. The first-order valence-corrected chi connectivity index (χ1v) is 4.70. The van der Waals surface area contributed by atoms with Crippen LogP contribution in [-0.4, -0.2) is 19.7 Å². The van der Waals surface area contributed by atoms with Crippen molar-refractivity contribution in [3.63, 3.8) is 0 Å². The molecule has 0 N–H and O–H groups in total. The Morgan fingerprint density at radius 1 is 1.33 bits per heavy atom. The van der Waals surface area contributed by atoms with Crippen LogP contribution in [0.1, 0.15) is 22.8 Å². The van der Waals surface area contributed by atoms with E-state index in [1.807, 2.05) is 13.0 Å². The lowest BCUT2D eigenvalue weighted by Crippen LogP contribution is -2.05. The maximum atomic E-state index is 11.4. The predicted molar refractivity (Wildman–Crippen MR) is 58.4 cm³/mol. The molecular weight excluding hydrogens is 192 g/mol. The molecule has 0 aromatic heterocycles. The van der Waals surface area contributed by atoms with E-state index >= 15 is 0 Å². The van der Waals surface area contributed by atoms with Crippen LogP contribution in [0.15, 0.2) is 30.8 Å². The van der Waals surface area contributed by atoms with E-state index in [4.69, 9.17) is 4.74 Å². The van der Waals surface area contributed by atoms with E-state index in [9.17, 15) is 4.79 Å². The minimum atomic E-state index is -0.383. The molecule has 0 amide bonds. The van der Waals surface area contributed by atoms with Gasteiger partial charge in [-0.15, -0.1) is 0 Å². The van der Waals surface area contributed by atoms with Crippen LogP contribution in [0.3, 0.4) is 0 Å². The third-order valence-corrected chi connectivity index (χ3v) is 1.95. The number of benzene rings is 1. The van der Waals surface area contributed by atoms with Crippen LogP contribution < -0.4 is 0 Å². The summed E-state index contributed by atoms with van der Waals surface area (Å²) in [7, 11) is 1.35. The molecule has 1 rings (SSSR count). The Morgan fingerprint density at radius 2 is 1.93 bits per heavy atom. The summed E-state index contributed by atoms with van der Waals surface area (Å²) in [6, 6.07) is 7.07. The van der Waals surface area contributed by atoms with Gasteiger partial charge in [0.05, 0.1) is 19.3 Å². The highest BCUT2D eigenvalue weighted by Gasteiger charge is 2.13. The van der Waals surface area contributed by atoms with Gasteiger partial charge in [-0.1, -0.05) is 24.8 Å². The van der Waals surface area contributed by atoms with Crippen molar-refractivity contribution in [3.8, 4) is 0 Å². The molecule has 0 aliphatic heterocycles. The summed E-state index contributed by atoms with van der Waals surface area (Å²) in [5, 5.41) is 0. The first-order chi connectivity index (χ1) is 7.20. The molecule has 0 saturated heterocycles. The highest BCUT2D eigenvalue weighted by atomic mass is 16.5. The van der Waals surface area contributed by atoms with Gasteiger partial charge in [-0.25, -0.2) is 4.79 Å². The summed E-state index contributed by atoms with van der Waals surface area (Å²) in [4.78, 5) is 11.4. The quantitative estimate of drug-likeness (QED) is 0.560. The zero-order valence-corrected chi connectivity index (χ0v) is 8.95. The Bertz CT molecular complexity index is 369. The third kappa shape index (κ3) is 2.59. The van der Waals surface area contributed by atoms with Gasteiger partial charge in [0.15, 0.2) is 0 Å². The van der Waals surface area contributed by atoms with Crippen LogP contribution in [0.5, 0.6) is 0 Å². The molecule has 0 bridgehead atoms. The first kappa shape index (κ1) is 11.3. The molecule has 0 heterocycles. The number of hydrogen-bond acceptors (Lipinski definition) is 3. The Kier molecular flexibility index (Phi) is 3.92. The molecule has 0 fully saturated rings. The summed E-state index contributed by atoms with van der Waals surface area (Å²) < 4.78 is 9.93. The number of esters is 1. The number of rotatable bonds is 4. The summed E-state index contributed by atoms with van der Waals surface area (Å²) in [5.41, 5.74) is 1.14. The van der Waals surface area contributed by atoms with E-state index in [1.54, 1.807) is 18.2 Å². The van der Waals surface area contributed by atoms with Crippen LogP contribution in [0.25, 0.3) is 5.76 Å². The predicted octanol–water partition coefficient (Wildman–Crippen LogP) is 2.48. The fraction of sp³-hybridized carbons (Fsp3) is 0.250. The molecule has 0 radical (unpaired) electrons. The van der Waals surface area contributed by atoms with Crippen molar-refractivity contribution in [1.29, 1.82) is 0 Å². The fourth-order valence-electron chi connectivity index (χ4n) is 1.27. The van der Waals surface area contributed by atoms with Crippen molar-refractivity contribution in [3.05, 3.63) is 42.0 Å². The van der Waals surface area contributed by atoms with Gasteiger partial charge in [0.2, 0.25) is 0 Å². The molecule has 1 aromatic rings. The van der Waals surface area contributed by atoms with Crippen molar-refractivity contribution in [2.75, 3.05) is 13.7 Å². The summed E-state index contributed by atoms with van der Waals surface area (Å²) in [6.07, 6.45) is 0. The van der Waals surface area contributed by atoms with Gasteiger partial charge in [-0.05, 0) is 13.0 Å². The monoisotopic (exact) mass is 206 g/mol. The second-order valence-electron chi connectivity index (χ2n) is 2.89. The number of carbonyl (C=O) groups excluding carboxylic acids is 1. The van der Waals surface area contributed by atoms with Crippen molar-refractivity contribution in [1.82, 2.24) is 0 Å². The smallest absolute Gasteiger partial charge is 0.338 e. The fourth-order valence-corrected chi connectivity index (χ4v) is 1.27. The molecule has 0 atom stereocenters. The molecule has 1 aromatic carbocycles. The van der Waals surface area contributed by atoms with Gasteiger partial charge in [-0.3, -0.25) is 0 Å². The van der Waals surface area contributed by atoms with Gasteiger partial charge in [0.1, 0.15) is 5.76 Å². The lowest BCUT2D eigenvalue weighted by Gasteiger charge is -2.10.